The molecule has 4 fully saturated rings. The van der Waals surface area contributed by atoms with Gasteiger partial charge in [0, 0.05) is 31.7 Å². The number of nitrogens with zero attached hydrogens (tertiary/aromatic N) is 1. The van der Waals surface area contributed by atoms with Crippen LogP contribution in [0.25, 0.3) is 0 Å². The molecule has 8 atom stereocenters. The van der Waals surface area contributed by atoms with E-state index in [0.717, 1.165) is 24.3 Å². The van der Waals surface area contributed by atoms with E-state index in [9.17, 15) is 4.79 Å². The van der Waals surface area contributed by atoms with Crippen LogP contribution in [-0.4, -0.2) is 48.7 Å². The molecule has 1 heterocycles. The first-order valence-corrected chi connectivity index (χ1v) is 12.5. The summed E-state index contributed by atoms with van der Waals surface area (Å²) in [6, 6.07) is 5.92. The Balaban J connectivity index is 1.60. The number of methoxy groups -OCH3 is 2. The Kier molecular flexibility index (Phi) is 5.52. The Morgan fingerprint density at radius 2 is 2.00 bits per heavy atom. The van der Waals surface area contributed by atoms with Crippen molar-refractivity contribution < 1.29 is 19.0 Å². The Bertz CT molecular complexity index is 836. The summed E-state index contributed by atoms with van der Waals surface area (Å²) in [5.41, 5.74) is 0.126. The number of Topliss-reactive ketones (excluding diaryl/α,β-unsaturated/α-hetero) is 1. The molecule has 4 saturated carbocycles. The van der Waals surface area contributed by atoms with Gasteiger partial charge in [0.2, 0.25) is 0 Å². The molecule has 1 aromatic rings. The van der Waals surface area contributed by atoms with E-state index in [-0.39, 0.29) is 35.7 Å². The highest BCUT2D eigenvalue weighted by Gasteiger charge is 2.76. The molecule has 2 bridgehead atoms. The highest BCUT2D eigenvalue weighted by atomic mass is 32.2. The lowest BCUT2D eigenvalue weighted by atomic mass is 9.52. The summed E-state index contributed by atoms with van der Waals surface area (Å²) >= 11 is 1.62. The lowest BCUT2D eigenvalue weighted by Gasteiger charge is -2.55. The van der Waals surface area contributed by atoms with Crippen LogP contribution in [0.5, 0.6) is 0 Å². The van der Waals surface area contributed by atoms with Crippen LogP contribution >= 0.6 is 11.8 Å². The maximum Gasteiger partial charge on any atom is 0.152 e. The van der Waals surface area contributed by atoms with Gasteiger partial charge in [0.15, 0.2) is 5.78 Å². The molecule has 6 heteroatoms. The third-order valence-electron chi connectivity index (χ3n) is 9.23. The molecule has 0 N–H and O–H groups in total. The summed E-state index contributed by atoms with van der Waals surface area (Å²) in [6.45, 7) is 4.60. The molecule has 5 nitrogen and oxygen atoms in total. The smallest absolute Gasteiger partial charge is 0.152 e. The average Bonchev–Trinajstić information content (AvgIpc) is 3.40. The SMILES string of the molecule is COCO[C@@H]1C[C@@](C)(Sc2ccccn2)C(=O)[C@H](C)C23CC[C@H]4C[C@]41C2[C@H](OC)CC3. The first kappa shape index (κ1) is 21.9. The van der Waals surface area contributed by atoms with Crippen LogP contribution in [0.4, 0.5) is 0 Å². The van der Waals surface area contributed by atoms with Crippen molar-refractivity contribution >= 4 is 17.5 Å². The monoisotopic (exact) mass is 445 g/mol. The van der Waals surface area contributed by atoms with Gasteiger partial charge in [-0.05, 0) is 74.8 Å². The second-order valence-electron chi connectivity index (χ2n) is 10.4. The van der Waals surface area contributed by atoms with Crippen molar-refractivity contribution in [1.82, 2.24) is 4.98 Å². The van der Waals surface area contributed by atoms with Crippen LogP contribution in [-0.2, 0) is 19.0 Å². The summed E-state index contributed by atoms with van der Waals surface area (Å²) < 4.78 is 17.3. The van der Waals surface area contributed by atoms with Crippen LogP contribution in [0.15, 0.2) is 29.4 Å². The van der Waals surface area contributed by atoms with Crippen LogP contribution < -0.4 is 0 Å². The van der Waals surface area contributed by atoms with Crippen molar-refractivity contribution in [2.24, 2.45) is 28.6 Å². The van der Waals surface area contributed by atoms with Gasteiger partial charge < -0.3 is 14.2 Å². The number of hydrogen-bond donors (Lipinski definition) is 0. The van der Waals surface area contributed by atoms with Gasteiger partial charge in [-0.25, -0.2) is 4.98 Å². The molecule has 0 aliphatic heterocycles. The van der Waals surface area contributed by atoms with Crippen molar-refractivity contribution in [3.05, 3.63) is 24.4 Å². The zero-order valence-corrected chi connectivity index (χ0v) is 20.0. The van der Waals surface area contributed by atoms with Gasteiger partial charge in [0.1, 0.15) is 6.79 Å². The molecule has 4 aliphatic rings. The second kappa shape index (κ2) is 7.82. The van der Waals surface area contributed by atoms with Gasteiger partial charge in [-0.2, -0.15) is 0 Å². The van der Waals surface area contributed by atoms with Crippen molar-refractivity contribution in [3.63, 3.8) is 0 Å². The van der Waals surface area contributed by atoms with E-state index >= 15 is 0 Å². The standard InChI is InChI=1S/C25H35NO4S/c1-16-22(27)23(2,31-20-7-5-6-12-26-20)14-19(30-15-28-3)25-13-17(25)8-10-24(16)11-9-18(29-4)21(24)25/h5-7,12,16-19,21H,8-11,13-15H2,1-4H3/t16-,17-,18+,19+,21?,23+,24?,25-/m0/s1. The van der Waals surface area contributed by atoms with Crippen LogP contribution in [0.1, 0.15) is 52.4 Å². The number of carbonyl (C=O) groups is 1. The van der Waals surface area contributed by atoms with Gasteiger partial charge in [0.05, 0.1) is 22.0 Å². The fraction of sp³-hybridized carbons (Fsp3) is 0.760. The zero-order valence-electron chi connectivity index (χ0n) is 19.1. The molecule has 2 unspecified atom stereocenters. The van der Waals surface area contributed by atoms with Gasteiger partial charge in [-0.15, -0.1) is 0 Å². The average molecular weight is 446 g/mol. The van der Waals surface area contributed by atoms with Crippen molar-refractivity contribution in [2.45, 2.75) is 74.4 Å². The summed E-state index contributed by atoms with van der Waals surface area (Å²) in [5, 5.41) is 0.905. The number of carbonyl (C=O) groups excluding carboxylic acids is 1. The van der Waals surface area contributed by atoms with E-state index in [1.807, 2.05) is 25.3 Å². The Hall–Kier alpha value is -0.950. The van der Waals surface area contributed by atoms with E-state index in [1.165, 1.54) is 12.8 Å². The minimum Gasteiger partial charge on any atom is -0.381 e. The first-order chi connectivity index (χ1) is 14.9. The molecule has 0 radical (unpaired) electrons. The molecule has 0 aromatic carbocycles. The quantitative estimate of drug-likeness (QED) is 0.590. The molecule has 1 aromatic heterocycles. The lowest BCUT2D eigenvalue weighted by molar-refractivity contribution is -0.171. The summed E-state index contributed by atoms with van der Waals surface area (Å²) in [6.07, 6.45) is 8.39. The summed E-state index contributed by atoms with van der Waals surface area (Å²) in [5.74, 6) is 1.44. The first-order valence-electron chi connectivity index (χ1n) is 11.7. The molecule has 31 heavy (non-hydrogen) atoms. The molecule has 0 amide bonds. The topological polar surface area (TPSA) is 57.7 Å². The highest BCUT2D eigenvalue weighted by molar-refractivity contribution is 8.01. The van der Waals surface area contributed by atoms with E-state index in [1.54, 1.807) is 25.1 Å². The number of hydrogen-bond acceptors (Lipinski definition) is 6. The number of ether oxygens (including phenoxy) is 3. The van der Waals surface area contributed by atoms with E-state index in [4.69, 9.17) is 14.2 Å². The Morgan fingerprint density at radius 1 is 1.19 bits per heavy atom. The van der Waals surface area contributed by atoms with Crippen LogP contribution in [0.2, 0.25) is 0 Å². The van der Waals surface area contributed by atoms with E-state index < -0.39 is 4.75 Å². The Morgan fingerprint density at radius 3 is 2.71 bits per heavy atom. The van der Waals surface area contributed by atoms with Gasteiger partial charge in [0.25, 0.3) is 0 Å². The minimum atomic E-state index is -0.577. The molecule has 5 rings (SSSR count). The third-order valence-corrected chi connectivity index (χ3v) is 10.5. The van der Waals surface area contributed by atoms with Gasteiger partial charge in [-0.1, -0.05) is 24.8 Å². The number of pyridine rings is 1. The predicted octanol–water partition coefficient (Wildman–Crippen LogP) is 4.74. The van der Waals surface area contributed by atoms with E-state index in [2.05, 4.69) is 18.8 Å². The molecule has 0 saturated heterocycles. The minimum absolute atomic E-state index is 0.00413. The third kappa shape index (κ3) is 3.16. The summed E-state index contributed by atoms with van der Waals surface area (Å²) in [7, 11) is 3.53. The second-order valence-corrected chi connectivity index (χ2v) is 12.0. The fourth-order valence-electron chi connectivity index (χ4n) is 7.84. The van der Waals surface area contributed by atoms with Crippen molar-refractivity contribution in [3.8, 4) is 0 Å². The van der Waals surface area contributed by atoms with Crippen molar-refractivity contribution in [2.75, 3.05) is 21.0 Å². The highest BCUT2D eigenvalue weighted by Crippen LogP contribution is 2.78. The van der Waals surface area contributed by atoms with Crippen LogP contribution in [0, 0.1) is 28.6 Å². The molecular formula is C25H35NO4S. The van der Waals surface area contributed by atoms with Gasteiger partial charge in [-0.3, -0.25) is 4.79 Å². The molecular weight excluding hydrogens is 410 g/mol. The molecule has 4 aliphatic carbocycles. The zero-order chi connectivity index (χ0) is 21.9. The fourth-order valence-corrected chi connectivity index (χ4v) is 9.07. The number of rotatable bonds is 6. The largest absolute Gasteiger partial charge is 0.381 e. The lowest BCUT2D eigenvalue weighted by Crippen LogP contribution is -2.58. The Labute approximate surface area is 190 Å². The van der Waals surface area contributed by atoms with Crippen molar-refractivity contribution in [1.29, 1.82) is 0 Å². The molecule has 170 valence electrons. The molecule has 1 spiro atoms. The maximum atomic E-state index is 14.2. The van der Waals surface area contributed by atoms with Gasteiger partial charge >= 0.3 is 0 Å². The number of aromatic nitrogens is 1. The summed E-state index contributed by atoms with van der Waals surface area (Å²) in [4.78, 5) is 18.8. The number of thioether (sulfide) groups is 1. The number of ketones is 1. The van der Waals surface area contributed by atoms with Crippen LogP contribution in [0.3, 0.4) is 0 Å². The normalized spacial score (nSPS) is 46.1. The maximum absolute atomic E-state index is 14.2. The predicted molar refractivity (Wildman–Crippen MR) is 120 cm³/mol. The van der Waals surface area contributed by atoms with E-state index in [0.29, 0.717) is 24.0 Å².